The molecule has 0 aromatic heterocycles. The van der Waals surface area contributed by atoms with E-state index in [2.05, 4.69) is 5.43 Å². The number of carbonyl (C=O) groups excluding carboxylic acids is 2. The largest absolute Gasteiger partial charge is 0.392 e. The summed E-state index contributed by atoms with van der Waals surface area (Å²) in [5, 5.41) is 10.3. The van der Waals surface area contributed by atoms with Gasteiger partial charge in [-0.15, -0.1) is 0 Å². The normalized spacial score (nSPS) is 18.2. The van der Waals surface area contributed by atoms with Gasteiger partial charge in [0.15, 0.2) is 0 Å². The van der Waals surface area contributed by atoms with E-state index < -0.39 is 6.10 Å². The minimum Gasteiger partial charge on any atom is -0.392 e. The molecule has 2 amide bonds. The Kier molecular flexibility index (Phi) is 2.95. The topological polar surface area (TPSA) is 69.6 Å². The van der Waals surface area contributed by atoms with E-state index in [4.69, 9.17) is 0 Å². The van der Waals surface area contributed by atoms with Gasteiger partial charge in [0, 0.05) is 6.04 Å². The van der Waals surface area contributed by atoms with Crippen LogP contribution in [0, 0.1) is 0 Å². The minimum atomic E-state index is -0.653. The van der Waals surface area contributed by atoms with Crippen LogP contribution in [0.15, 0.2) is 24.3 Å². The molecule has 2 rings (SSSR count). The van der Waals surface area contributed by atoms with E-state index in [-0.39, 0.29) is 17.9 Å². The Bertz CT molecular complexity index is 436. The van der Waals surface area contributed by atoms with Crippen molar-refractivity contribution in [3.8, 4) is 0 Å². The summed E-state index contributed by atoms with van der Waals surface area (Å²) < 4.78 is 0. The number of hydrogen-bond donors (Lipinski definition) is 2. The van der Waals surface area contributed by atoms with Crippen LogP contribution >= 0.6 is 0 Å². The first kappa shape index (κ1) is 11.8. The molecule has 2 atom stereocenters. The highest BCUT2D eigenvalue weighted by atomic mass is 16.3. The third kappa shape index (κ3) is 1.94. The summed E-state index contributed by atoms with van der Waals surface area (Å²) in [7, 11) is 0. The molecule has 0 fully saturated rings. The number of rotatable bonds is 3. The first-order valence-electron chi connectivity index (χ1n) is 5.44. The van der Waals surface area contributed by atoms with Crippen LogP contribution in [0.1, 0.15) is 34.6 Å². The molecule has 1 heterocycles. The Morgan fingerprint density at radius 2 is 1.59 bits per heavy atom. The molecular formula is C12H14N2O3. The van der Waals surface area contributed by atoms with Crippen molar-refractivity contribution in [2.24, 2.45) is 0 Å². The number of fused-ring (bicyclic) bond motifs is 1. The van der Waals surface area contributed by atoms with Crippen molar-refractivity contribution < 1.29 is 14.7 Å². The van der Waals surface area contributed by atoms with Crippen molar-refractivity contribution >= 4 is 11.8 Å². The zero-order chi connectivity index (χ0) is 12.6. The van der Waals surface area contributed by atoms with Gasteiger partial charge in [-0.05, 0) is 26.0 Å². The van der Waals surface area contributed by atoms with Crippen LogP contribution in [-0.2, 0) is 0 Å². The molecule has 5 heteroatoms. The van der Waals surface area contributed by atoms with Crippen LogP contribution in [0.2, 0.25) is 0 Å². The van der Waals surface area contributed by atoms with Crippen molar-refractivity contribution in [2.75, 3.05) is 0 Å². The number of imide groups is 1. The summed E-state index contributed by atoms with van der Waals surface area (Å²) in [5.41, 5.74) is 3.49. The number of aliphatic hydroxyl groups is 1. The lowest BCUT2D eigenvalue weighted by Crippen LogP contribution is -2.50. The average Bonchev–Trinajstić information content (AvgIpc) is 2.55. The lowest BCUT2D eigenvalue weighted by Gasteiger charge is -2.22. The van der Waals surface area contributed by atoms with Gasteiger partial charge in [0.25, 0.3) is 11.8 Å². The predicted octanol–water partition coefficient (Wildman–Crippen LogP) is 0.556. The highest BCUT2D eigenvalue weighted by Gasteiger charge is 2.36. The Labute approximate surface area is 99.0 Å². The molecule has 5 nitrogen and oxygen atoms in total. The van der Waals surface area contributed by atoms with Gasteiger partial charge >= 0.3 is 0 Å². The molecule has 1 aliphatic heterocycles. The second-order valence-electron chi connectivity index (χ2n) is 4.15. The maximum absolute atomic E-state index is 11.9. The molecule has 1 aromatic carbocycles. The molecule has 0 radical (unpaired) electrons. The van der Waals surface area contributed by atoms with Gasteiger partial charge in [-0.25, -0.2) is 10.4 Å². The lowest BCUT2D eigenvalue weighted by molar-refractivity contribution is 0.0454. The average molecular weight is 234 g/mol. The second kappa shape index (κ2) is 4.27. The molecule has 2 N–H and O–H groups in total. The van der Waals surface area contributed by atoms with Gasteiger partial charge in [-0.3, -0.25) is 9.59 Å². The Hall–Kier alpha value is -1.72. The summed E-state index contributed by atoms with van der Waals surface area (Å²) in [4.78, 5) is 23.9. The quantitative estimate of drug-likeness (QED) is 0.750. The summed E-state index contributed by atoms with van der Waals surface area (Å²) >= 11 is 0. The molecule has 0 spiro atoms. The van der Waals surface area contributed by atoms with Crippen LogP contribution < -0.4 is 5.43 Å². The Morgan fingerprint density at radius 3 is 2.00 bits per heavy atom. The van der Waals surface area contributed by atoms with Crippen molar-refractivity contribution in [3.63, 3.8) is 0 Å². The number of hydrogen-bond acceptors (Lipinski definition) is 4. The van der Waals surface area contributed by atoms with Crippen LogP contribution in [0.5, 0.6) is 0 Å². The molecular weight excluding hydrogens is 220 g/mol. The highest BCUT2D eigenvalue weighted by molar-refractivity contribution is 6.20. The molecule has 0 unspecified atom stereocenters. The van der Waals surface area contributed by atoms with Crippen molar-refractivity contribution in [1.82, 2.24) is 10.4 Å². The molecule has 0 bridgehead atoms. The molecule has 0 saturated heterocycles. The van der Waals surface area contributed by atoms with E-state index in [0.29, 0.717) is 11.1 Å². The zero-order valence-electron chi connectivity index (χ0n) is 9.68. The van der Waals surface area contributed by atoms with E-state index in [9.17, 15) is 14.7 Å². The van der Waals surface area contributed by atoms with Gasteiger partial charge in [0.2, 0.25) is 0 Å². The lowest BCUT2D eigenvalue weighted by atomic mass is 10.1. The van der Waals surface area contributed by atoms with Gasteiger partial charge in [0.1, 0.15) is 0 Å². The van der Waals surface area contributed by atoms with Crippen molar-refractivity contribution in [2.45, 2.75) is 26.0 Å². The summed E-state index contributed by atoms with van der Waals surface area (Å²) in [6.07, 6.45) is -0.653. The fraction of sp³-hybridized carbons (Fsp3) is 0.333. The molecule has 1 aliphatic rings. The number of carbonyl (C=O) groups is 2. The van der Waals surface area contributed by atoms with Gasteiger partial charge < -0.3 is 5.11 Å². The molecule has 0 aliphatic carbocycles. The number of nitrogens with one attached hydrogen (secondary N) is 1. The van der Waals surface area contributed by atoms with E-state index in [0.717, 1.165) is 5.01 Å². The summed E-state index contributed by atoms with van der Waals surface area (Å²) in [5.74, 6) is -0.754. The van der Waals surface area contributed by atoms with Gasteiger partial charge in [0.05, 0.1) is 17.2 Å². The maximum atomic E-state index is 11.9. The number of amides is 2. The first-order valence-corrected chi connectivity index (χ1v) is 5.44. The first-order chi connectivity index (χ1) is 8.02. The number of hydrazine groups is 1. The fourth-order valence-electron chi connectivity index (χ4n) is 1.62. The van der Waals surface area contributed by atoms with E-state index in [1.54, 1.807) is 38.1 Å². The second-order valence-corrected chi connectivity index (χ2v) is 4.15. The van der Waals surface area contributed by atoms with Crippen LogP contribution in [-0.4, -0.2) is 34.1 Å². The van der Waals surface area contributed by atoms with Gasteiger partial charge in [-0.1, -0.05) is 12.1 Å². The third-order valence-electron chi connectivity index (χ3n) is 2.85. The fourth-order valence-corrected chi connectivity index (χ4v) is 1.62. The Morgan fingerprint density at radius 1 is 1.12 bits per heavy atom. The monoisotopic (exact) mass is 234 g/mol. The number of nitrogens with zero attached hydrogens (tertiary/aromatic N) is 1. The Balaban J connectivity index is 2.25. The van der Waals surface area contributed by atoms with Crippen molar-refractivity contribution in [3.05, 3.63) is 35.4 Å². The SMILES string of the molecule is C[C@H](NN1C(=O)c2ccccc2C1=O)[C@@H](C)O. The summed E-state index contributed by atoms with van der Waals surface area (Å²) in [6, 6.07) is 6.28. The molecule has 90 valence electrons. The van der Waals surface area contributed by atoms with E-state index >= 15 is 0 Å². The van der Waals surface area contributed by atoms with E-state index in [1.165, 1.54) is 0 Å². The predicted molar refractivity (Wildman–Crippen MR) is 61.2 cm³/mol. The zero-order valence-corrected chi connectivity index (χ0v) is 9.68. The van der Waals surface area contributed by atoms with Crippen LogP contribution in [0.4, 0.5) is 0 Å². The number of aliphatic hydroxyl groups excluding tert-OH is 1. The molecule has 17 heavy (non-hydrogen) atoms. The minimum absolute atomic E-state index is 0.377. The van der Waals surface area contributed by atoms with Crippen LogP contribution in [0.3, 0.4) is 0 Å². The van der Waals surface area contributed by atoms with Crippen molar-refractivity contribution in [1.29, 1.82) is 0 Å². The number of benzene rings is 1. The smallest absolute Gasteiger partial charge is 0.276 e. The van der Waals surface area contributed by atoms with Gasteiger partial charge in [-0.2, -0.15) is 0 Å². The van der Waals surface area contributed by atoms with E-state index in [1.807, 2.05) is 0 Å². The summed E-state index contributed by atoms with van der Waals surface area (Å²) in [6.45, 7) is 3.30. The highest BCUT2D eigenvalue weighted by Crippen LogP contribution is 2.21. The molecule has 0 saturated carbocycles. The van der Waals surface area contributed by atoms with Crippen LogP contribution in [0.25, 0.3) is 0 Å². The third-order valence-corrected chi connectivity index (χ3v) is 2.85. The standard InChI is InChI=1S/C12H14N2O3/c1-7(8(2)15)13-14-11(16)9-5-3-4-6-10(9)12(14)17/h3-8,13,15H,1-2H3/t7-,8+/m0/s1. The molecule has 1 aromatic rings. The maximum Gasteiger partial charge on any atom is 0.276 e.